The fourth-order valence-corrected chi connectivity index (χ4v) is 2.55. The first-order valence-electron chi connectivity index (χ1n) is 7.30. The van der Waals surface area contributed by atoms with Gasteiger partial charge in [-0.2, -0.15) is 0 Å². The molecule has 1 aromatic rings. The Morgan fingerprint density at radius 2 is 2.20 bits per heavy atom. The number of rotatable bonds is 4. The molecular formula is C16H24N2O2. The van der Waals surface area contributed by atoms with E-state index < -0.39 is 0 Å². The predicted octanol–water partition coefficient (Wildman–Crippen LogP) is 2.66. The van der Waals surface area contributed by atoms with Gasteiger partial charge in [-0.15, -0.1) is 0 Å². The molecule has 2 unspecified atom stereocenters. The van der Waals surface area contributed by atoms with Crippen LogP contribution in [0.5, 0.6) is 0 Å². The Hall–Kier alpha value is -1.55. The van der Waals surface area contributed by atoms with E-state index in [1.807, 2.05) is 24.3 Å². The topological polar surface area (TPSA) is 50.4 Å². The molecule has 0 bridgehead atoms. The third-order valence-corrected chi connectivity index (χ3v) is 3.78. The lowest BCUT2D eigenvalue weighted by Crippen LogP contribution is -2.36. The molecule has 1 aliphatic heterocycles. The maximum atomic E-state index is 11.6. The van der Waals surface area contributed by atoms with E-state index in [1.54, 1.807) is 7.05 Å². The summed E-state index contributed by atoms with van der Waals surface area (Å²) in [6.07, 6.45) is 2.35. The number of carbonyl (C=O) groups excluding carboxylic acids is 1. The average Bonchev–Trinajstić information content (AvgIpc) is 2.47. The Morgan fingerprint density at radius 1 is 1.40 bits per heavy atom. The summed E-state index contributed by atoms with van der Waals surface area (Å²) < 4.78 is 5.78. The summed E-state index contributed by atoms with van der Waals surface area (Å²) in [5.74, 6) is 0.484. The van der Waals surface area contributed by atoms with Gasteiger partial charge in [-0.1, -0.05) is 19.9 Å². The van der Waals surface area contributed by atoms with E-state index in [0.29, 0.717) is 23.6 Å². The van der Waals surface area contributed by atoms with Gasteiger partial charge in [-0.25, -0.2) is 0 Å². The highest BCUT2D eigenvalue weighted by Crippen LogP contribution is 2.23. The molecule has 1 saturated heterocycles. The van der Waals surface area contributed by atoms with Crippen molar-refractivity contribution in [3.8, 4) is 0 Å². The van der Waals surface area contributed by atoms with Crippen molar-refractivity contribution < 1.29 is 9.53 Å². The first kappa shape index (κ1) is 14.9. The van der Waals surface area contributed by atoms with Crippen LogP contribution in [-0.4, -0.2) is 31.7 Å². The highest BCUT2D eigenvalue weighted by molar-refractivity contribution is 5.94. The van der Waals surface area contributed by atoms with Crippen LogP contribution in [0.4, 0.5) is 5.69 Å². The zero-order valence-corrected chi connectivity index (χ0v) is 12.5. The summed E-state index contributed by atoms with van der Waals surface area (Å²) in [5, 5.41) is 6.17. The molecular weight excluding hydrogens is 252 g/mol. The Labute approximate surface area is 120 Å². The van der Waals surface area contributed by atoms with Gasteiger partial charge in [0.1, 0.15) is 0 Å². The lowest BCUT2D eigenvalue weighted by atomic mass is 9.95. The zero-order valence-electron chi connectivity index (χ0n) is 12.5. The molecule has 0 saturated carbocycles. The average molecular weight is 276 g/mol. The standard InChI is InChI=1S/C16H24N2O2/c1-11(2)15-10-14(7-8-20-15)18-13-6-4-5-12(9-13)16(19)17-3/h4-6,9,11,14-15,18H,7-8,10H2,1-3H3,(H,17,19). The third kappa shape index (κ3) is 3.73. The van der Waals surface area contributed by atoms with Gasteiger partial charge in [0, 0.05) is 30.9 Å². The van der Waals surface area contributed by atoms with Crippen molar-refractivity contribution in [1.29, 1.82) is 0 Å². The number of benzene rings is 1. The van der Waals surface area contributed by atoms with Crippen molar-refractivity contribution in [3.05, 3.63) is 29.8 Å². The van der Waals surface area contributed by atoms with E-state index in [4.69, 9.17) is 4.74 Å². The van der Waals surface area contributed by atoms with Crippen molar-refractivity contribution in [2.75, 3.05) is 19.0 Å². The number of carbonyl (C=O) groups is 1. The van der Waals surface area contributed by atoms with E-state index in [1.165, 1.54) is 0 Å². The summed E-state index contributed by atoms with van der Waals surface area (Å²) in [4.78, 5) is 11.6. The minimum absolute atomic E-state index is 0.0549. The minimum atomic E-state index is -0.0549. The number of amides is 1. The number of anilines is 1. The minimum Gasteiger partial charge on any atom is -0.382 e. The summed E-state index contributed by atoms with van der Waals surface area (Å²) >= 11 is 0. The molecule has 1 aromatic carbocycles. The van der Waals surface area contributed by atoms with Crippen LogP contribution < -0.4 is 10.6 Å². The molecule has 0 spiro atoms. The molecule has 110 valence electrons. The molecule has 2 N–H and O–H groups in total. The van der Waals surface area contributed by atoms with Crippen LogP contribution in [0.3, 0.4) is 0 Å². The van der Waals surface area contributed by atoms with Crippen LogP contribution in [0, 0.1) is 5.92 Å². The van der Waals surface area contributed by atoms with E-state index in [0.717, 1.165) is 25.1 Å². The maximum absolute atomic E-state index is 11.6. The van der Waals surface area contributed by atoms with Crippen LogP contribution in [0.1, 0.15) is 37.0 Å². The first-order chi connectivity index (χ1) is 9.60. The van der Waals surface area contributed by atoms with Gasteiger partial charge in [0.25, 0.3) is 5.91 Å². The molecule has 2 atom stereocenters. The smallest absolute Gasteiger partial charge is 0.251 e. The summed E-state index contributed by atoms with van der Waals surface area (Å²) in [5.41, 5.74) is 1.69. The van der Waals surface area contributed by atoms with Gasteiger partial charge in [-0.05, 0) is 37.0 Å². The molecule has 4 nitrogen and oxygen atoms in total. The molecule has 0 radical (unpaired) electrons. The molecule has 1 aliphatic rings. The van der Waals surface area contributed by atoms with E-state index in [9.17, 15) is 4.79 Å². The largest absolute Gasteiger partial charge is 0.382 e. The zero-order chi connectivity index (χ0) is 14.5. The SMILES string of the molecule is CNC(=O)c1cccc(NC2CCOC(C(C)C)C2)c1. The van der Waals surface area contributed by atoms with E-state index in [2.05, 4.69) is 24.5 Å². The van der Waals surface area contributed by atoms with Crippen molar-refractivity contribution in [3.63, 3.8) is 0 Å². The van der Waals surface area contributed by atoms with Crippen molar-refractivity contribution >= 4 is 11.6 Å². The van der Waals surface area contributed by atoms with Crippen LogP contribution in [0.2, 0.25) is 0 Å². The van der Waals surface area contributed by atoms with Gasteiger partial charge in [0.2, 0.25) is 0 Å². The number of hydrogen-bond acceptors (Lipinski definition) is 3. The quantitative estimate of drug-likeness (QED) is 0.889. The van der Waals surface area contributed by atoms with Crippen molar-refractivity contribution in [2.24, 2.45) is 5.92 Å². The molecule has 2 rings (SSSR count). The van der Waals surface area contributed by atoms with E-state index >= 15 is 0 Å². The Bertz CT molecular complexity index is 460. The number of ether oxygens (including phenoxy) is 1. The Balaban J connectivity index is 2.01. The molecule has 0 aromatic heterocycles. The van der Waals surface area contributed by atoms with Crippen LogP contribution >= 0.6 is 0 Å². The van der Waals surface area contributed by atoms with Crippen LogP contribution in [-0.2, 0) is 4.74 Å². The predicted molar refractivity (Wildman–Crippen MR) is 81.1 cm³/mol. The fraction of sp³-hybridized carbons (Fsp3) is 0.562. The maximum Gasteiger partial charge on any atom is 0.251 e. The normalized spacial score (nSPS) is 22.6. The molecule has 1 heterocycles. The number of nitrogens with one attached hydrogen (secondary N) is 2. The van der Waals surface area contributed by atoms with Gasteiger partial charge in [0.15, 0.2) is 0 Å². The van der Waals surface area contributed by atoms with Gasteiger partial charge in [0.05, 0.1) is 6.10 Å². The highest BCUT2D eigenvalue weighted by Gasteiger charge is 2.24. The van der Waals surface area contributed by atoms with Gasteiger partial charge >= 0.3 is 0 Å². The van der Waals surface area contributed by atoms with Crippen molar-refractivity contribution in [1.82, 2.24) is 5.32 Å². The molecule has 20 heavy (non-hydrogen) atoms. The number of hydrogen-bond donors (Lipinski definition) is 2. The molecule has 0 aliphatic carbocycles. The third-order valence-electron chi connectivity index (χ3n) is 3.78. The first-order valence-corrected chi connectivity index (χ1v) is 7.30. The second kappa shape index (κ2) is 6.75. The van der Waals surface area contributed by atoms with Gasteiger partial charge in [-0.3, -0.25) is 4.79 Å². The van der Waals surface area contributed by atoms with Crippen LogP contribution in [0.15, 0.2) is 24.3 Å². The second-order valence-electron chi connectivity index (χ2n) is 5.68. The molecule has 1 fully saturated rings. The molecule has 1 amide bonds. The lowest BCUT2D eigenvalue weighted by molar-refractivity contribution is -0.0160. The Morgan fingerprint density at radius 3 is 2.90 bits per heavy atom. The second-order valence-corrected chi connectivity index (χ2v) is 5.68. The van der Waals surface area contributed by atoms with Crippen molar-refractivity contribution in [2.45, 2.75) is 38.8 Å². The van der Waals surface area contributed by atoms with Crippen LogP contribution in [0.25, 0.3) is 0 Å². The summed E-state index contributed by atoms with van der Waals surface area (Å²) in [6.45, 7) is 5.19. The monoisotopic (exact) mass is 276 g/mol. The summed E-state index contributed by atoms with van der Waals surface area (Å²) in [7, 11) is 1.65. The van der Waals surface area contributed by atoms with Gasteiger partial charge < -0.3 is 15.4 Å². The fourth-order valence-electron chi connectivity index (χ4n) is 2.55. The molecule has 4 heteroatoms. The highest BCUT2D eigenvalue weighted by atomic mass is 16.5. The van der Waals surface area contributed by atoms with E-state index in [-0.39, 0.29) is 5.91 Å². The summed E-state index contributed by atoms with van der Waals surface area (Å²) in [6, 6.07) is 8.05. The Kier molecular flexibility index (Phi) is 5.01. The lowest BCUT2D eigenvalue weighted by Gasteiger charge is -2.33.